The summed E-state index contributed by atoms with van der Waals surface area (Å²) < 4.78 is 6.97. The summed E-state index contributed by atoms with van der Waals surface area (Å²) in [7, 11) is 3.49. The normalized spacial score (nSPS) is 10.5. The van der Waals surface area contributed by atoms with Gasteiger partial charge in [0.15, 0.2) is 0 Å². The van der Waals surface area contributed by atoms with Crippen molar-refractivity contribution in [3.05, 3.63) is 29.1 Å². The number of pyridine rings is 1. The molecule has 0 saturated carbocycles. The zero-order valence-corrected chi connectivity index (χ0v) is 11.7. The Kier molecular flexibility index (Phi) is 3.59. The molecule has 0 aliphatic heterocycles. The van der Waals surface area contributed by atoms with Gasteiger partial charge in [-0.15, -0.1) is 0 Å². The van der Waals surface area contributed by atoms with Crippen molar-refractivity contribution in [1.82, 2.24) is 14.8 Å². The van der Waals surface area contributed by atoms with E-state index in [0.29, 0.717) is 18.1 Å². The van der Waals surface area contributed by atoms with Gasteiger partial charge in [-0.2, -0.15) is 10.1 Å². The average Bonchev–Trinajstić information content (AvgIpc) is 2.63. The van der Waals surface area contributed by atoms with Gasteiger partial charge in [0, 0.05) is 24.8 Å². The highest BCUT2D eigenvalue weighted by Crippen LogP contribution is 2.21. The van der Waals surface area contributed by atoms with Crippen molar-refractivity contribution in [3.8, 4) is 5.88 Å². The molecule has 0 aromatic carbocycles. The van der Waals surface area contributed by atoms with Crippen LogP contribution in [0.1, 0.15) is 17.0 Å². The second-order valence-corrected chi connectivity index (χ2v) is 4.42. The van der Waals surface area contributed by atoms with Gasteiger partial charge in [0.25, 0.3) is 0 Å². The summed E-state index contributed by atoms with van der Waals surface area (Å²) in [5, 5.41) is 7.64. The highest BCUT2D eigenvalue weighted by atomic mass is 16.5. The van der Waals surface area contributed by atoms with Gasteiger partial charge in [-0.25, -0.2) is 0 Å². The number of methoxy groups -OCH3 is 1. The number of aromatic nitrogens is 3. The molecule has 3 N–H and O–H groups in total. The van der Waals surface area contributed by atoms with E-state index in [2.05, 4.69) is 15.4 Å². The van der Waals surface area contributed by atoms with E-state index < -0.39 is 0 Å². The molecule has 0 aliphatic rings. The molecule has 0 bridgehead atoms. The minimum atomic E-state index is 0.435. The van der Waals surface area contributed by atoms with E-state index in [1.807, 2.05) is 31.6 Å². The molecular formula is C13H19N5O. The van der Waals surface area contributed by atoms with Crippen molar-refractivity contribution in [3.63, 3.8) is 0 Å². The summed E-state index contributed by atoms with van der Waals surface area (Å²) in [6, 6.07) is 3.61. The maximum absolute atomic E-state index is 5.73. The van der Waals surface area contributed by atoms with Gasteiger partial charge in [0.05, 0.1) is 18.5 Å². The van der Waals surface area contributed by atoms with E-state index in [-0.39, 0.29) is 0 Å². The van der Waals surface area contributed by atoms with E-state index >= 15 is 0 Å². The first-order chi connectivity index (χ1) is 9.02. The highest BCUT2D eigenvalue weighted by molar-refractivity contribution is 5.53. The van der Waals surface area contributed by atoms with Crippen LogP contribution in [-0.2, 0) is 13.6 Å². The fraction of sp³-hybridized carbons (Fsp3) is 0.385. The number of anilines is 2. The van der Waals surface area contributed by atoms with Crippen LogP contribution >= 0.6 is 0 Å². The quantitative estimate of drug-likeness (QED) is 0.874. The molecule has 0 aliphatic carbocycles. The zero-order valence-electron chi connectivity index (χ0n) is 11.7. The number of nitrogens with one attached hydrogen (secondary N) is 1. The molecule has 2 heterocycles. The van der Waals surface area contributed by atoms with Gasteiger partial charge in [-0.3, -0.25) is 4.68 Å². The molecule has 6 heteroatoms. The fourth-order valence-electron chi connectivity index (χ4n) is 1.97. The molecule has 0 amide bonds. The van der Waals surface area contributed by atoms with Crippen LogP contribution in [0.3, 0.4) is 0 Å². The molecule has 0 radical (unpaired) electrons. The van der Waals surface area contributed by atoms with E-state index in [4.69, 9.17) is 10.5 Å². The average molecular weight is 261 g/mol. The lowest BCUT2D eigenvalue weighted by Gasteiger charge is -2.09. The molecule has 0 fully saturated rings. The Morgan fingerprint density at radius 2 is 2.11 bits per heavy atom. The second-order valence-electron chi connectivity index (χ2n) is 4.42. The Hall–Kier alpha value is -2.24. The van der Waals surface area contributed by atoms with Crippen LogP contribution in [0.15, 0.2) is 12.1 Å². The predicted octanol–water partition coefficient (Wildman–Crippen LogP) is 1.63. The minimum absolute atomic E-state index is 0.435. The van der Waals surface area contributed by atoms with Crippen molar-refractivity contribution in [1.29, 1.82) is 0 Å². The van der Waals surface area contributed by atoms with E-state index in [0.717, 1.165) is 17.2 Å². The van der Waals surface area contributed by atoms with Crippen molar-refractivity contribution in [2.45, 2.75) is 20.4 Å². The topological polar surface area (TPSA) is 78.0 Å². The number of aryl methyl sites for hydroxylation is 2. The van der Waals surface area contributed by atoms with Gasteiger partial charge in [0.1, 0.15) is 5.82 Å². The van der Waals surface area contributed by atoms with Gasteiger partial charge < -0.3 is 15.8 Å². The van der Waals surface area contributed by atoms with Crippen LogP contribution in [0.2, 0.25) is 0 Å². The zero-order chi connectivity index (χ0) is 14.0. The largest absolute Gasteiger partial charge is 0.479 e. The molecule has 2 aromatic heterocycles. The molecular weight excluding hydrogens is 242 g/mol. The Balaban J connectivity index is 2.14. The van der Waals surface area contributed by atoms with Crippen molar-refractivity contribution >= 4 is 11.5 Å². The Labute approximate surface area is 112 Å². The summed E-state index contributed by atoms with van der Waals surface area (Å²) in [4.78, 5) is 4.29. The number of nitrogen functional groups attached to an aromatic ring is 1. The first kappa shape index (κ1) is 13.2. The van der Waals surface area contributed by atoms with Crippen molar-refractivity contribution < 1.29 is 4.74 Å². The minimum Gasteiger partial charge on any atom is -0.479 e. The molecule has 0 atom stereocenters. The SMILES string of the molecule is COc1nc(NCc2c(C)nn(C)c2C)ccc1N. The maximum atomic E-state index is 5.73. The van der Waals surface area contributed by atoms with Crippen LogP contribution in [0.5, 0.6) is 5.88 Å². The van der Waals surface area contributed by atoms with E-state index in [1.165, 1.54) is 5.56 Å². The molecule has 6 nitrogen and oxygen atoms in total. The number of nitrogens with zero attached hydrogens (tertiary/aromatic N) is 3. The lowest BCUT2D eigenvalue weighted by molar-refractivity contribution is 0.401. The molecule has 2 rings (SSSR count). The maximum Gasteiger partial charge on any atom is 0.238 e. The third kappa shape index (κ3) is 2.62. The first-order valence-electron chi connectivity index (χ1n) is 6.06. The lowest BCUT2D eigenvalue weighted by atomic mass is 10.2. The first-order valence-corrected chi connectivity index (χ1v) is 6.06. The molecule has 19 heavy (non-hydrogen) atoms. The summed E-state index contributed by atoms with van der Waals surface area (Å²) in [6.45, 7) is 4.72. The van der Waals surface area contributed by atoms with Crippen LogP contribution in [0.4, 0.5) is 11.5 Å². The number of nitrogens with two attached hydrogens (primary N) is 1. The number of hydrogen-bond donors (Lipinski definition) is 2. The summed E-state index contributed by atoms with van der Waals surface area (Å²) in [6.07, 6.45) is 0. The predicted molar refractivity (Wildman–Crippen MR) is 75.2 cm³/mol. The summed E-state index contributed by atoms with van der Waals surface area (Å²) >= 11 is 0. The number of ether oxygens (including phenoxy) is 1. The molecule has 0 saturated heterocycles. The molecule has 102 valence electrons. The third-order valence-electron chi connectivity index (χ3n) is 3.19. The smallest absolute Gasteiger partial charge is 0.238 e. The standard InChI is InChI=1S/C13H19N5O/c1-8-10(9(2)18(3)17-8)7-15-12-6-5-11(14)13(16-12)19-4/h5-6H,7,14H2,1-4H3,(H,15,16). The third-order valence-corrected chi connectivity index (χ3v) is 3.19. The fourth-order valence-corrected chi connectivity index (χ4v) is 1.97. The lowest BCUT2D eigenvalue weighted by Crippen LogP contribution is -2.05. The van der Waals surface area contributed by atoms with Crippen molar-refractivity contribution in [2.75, 3.05) is 18.2 Å². The van der Waals surface area contributed by atoms with Crippen LogP contribution < -0.4 is 15.8 Å². The molecule has 0 unspecified atom stereocenters. The Morgan fingerprint density at radius 3 is 2.68 bits per heavy atom. The van der Waals surface area contributed by atoms with Crippen LogP contribution in [0.25, 0.3) is 0 Å². The van der Waals surface area contributed by atoms with Crippen molar-refractivity contribution in [2.24, 2.45) is 7.05 Å². The Morgan fingerprint density at radius 1 is 1.37 bits per heavy atom. The van der Waals surface area contributed by atoms with Gasteiger partial charge in [0.2, 0.25) is 5.88 Å². The van der Waals surface area contributed by atoms with E-state index in [9.17, 15) is 0 Å². The monoisotopic (exact) mass is 261 g/mol. The van der Waals surface area contributed by atoms with Gasteiger partial charge in [-0.05, 0) is 26.0 Å². The van der Waals surface area contributed by atoms with Gasteiger partial charge in [-0.1, -0.05) is 0 Å². The number of rotatable bonds is 4. The number of hydrogen-bond acceptors (Lipinski definition) is 5. The van der Waals surface area contributed by atoms with Gasteiger partial charge >= 0.3 is 0 Å². The highest BCUT2D eigenvalue weighted by Gasteiger charge is 2.09. The second kappa shape index (κ2) is 5.17. The molecule has 0 spiro atoms. The van der Waals surface area contributed by atoms with E-state index in [1.54, 1.807) is 13.2 Å². The molecule has 2 aromatic rings. The summed E-state index contributed by atoms with van der Waals surface area (Å²) in [5.74, 6) is 1.17. The Bertz CT molecular complexity index is 591. The van der Waals surface area contributed by atoms with Crippen LogP contribution in [0, 0.1) is 13.8 Å². The summed E-state index contributed by atoms with van der Waals surface area (Å²) in [5.41, 5.74) is 9.61. The van der Waals surface area contributed by atoms with Crippen LogP contribution in [-0.4, -0.2) is 21.9 Å².